The van der Waals surface area contributed by atoms with Crippen molar-refractivity contribution in [2.24, 2.45) is 0 Å². The minimum atomic E-state index is -4.75. The smallest absolute Gasteiger partial charge is 0.416 e. The first-order chi connectivity index (χ1) is 17.4. The third-order valence-corrected chi connectivity index (χ3v) is 8.18. The number of fused-ring (bicyclic) bond motifs is 1. The molecule has 0 unspecified atom stereocenters. The molecule has 0 radical (unpaired) electrons. The number of nitrogens with one attached hydrogen (secondary N) is 1. The fraction of sp³-hybridized carbons (Fsp3) is 0.308. The van der Waals surface area contributed by atoms with Crippen LogP contribution >= 0.6 is 0 Å². The molecule has 1 amide bonds. The number of alkyl halides is 3. The van der Waals surface area contributed by atoms with Gasteiger partial charge in [-0.2, -0.15) is 13.2 Å². The van der Waals surface area contributed by atoms with Gasteiger partial charge in [0.05, 0.1) is 27.5 Å². The molecule has 4 rings (SSSR count). The number of aromatic nitrogens is 1. The maximum Gasteiger partial charge on any atom is 0.416 e. The summed E-state index contributed by atoms with van der Waals surface area (Å²) in [6.07, 6.45) is -4.45. The first-order valence-corrected chi connectivity index (χ1v) is 13.1. The molecule has 0 atom stereocenters. The zero-order valence-corrected chi connectivity index (χ0v) is 21.0. The van der Waals surface area contributed by atoms with Gasteiger partial charge in [0, 0.05) is 30.8 Å². The van der Waals surface area contributed by atoms with Gasteiger partial charge in [0.25, 0.3) is 5.91 Å². The normalized spacial score (nSPS) is 13.7. The Bertz CT molecular complexity index is 1460. The Morgan fingerprint density at radius 3 is 2.49 bits per heavy atom. The van der Waals surface area contributed by atoms with Crippen LogP contribution in [0.15, 0.2) is 58.3 Å². The van der Waals surface area contributed by atoms with Crippen LogP contribution < -0.4 is 5.32 Å². The summed E-state index contributed by atoms with van der Waals surface area (Å²) in [6, 6.07) is 9.80. The van der Waals surface area contributed by atoms with E-state index < -0.39 is 32.4 Å². The molecule has 11 heteroatoms. The Labute approximate surface area is 212 Å². The van der Waals surface area contributed by atoms with Gasteiger partial charge < -0.3 is 14.6 Å². The molecule has 2 heterocycles. The van der Waals surface area contributed by atoms with E-state index in [0.29, 0.717) is 41.5 Å². The van der Waals surface area contributed by atoms with Crippen LogP contribution in [0.25, 0.3) is 0 Å². The molecule has 196 valence electrons. The average Bonchev–Trinajstić information content (AvgIpc) is 3.11. The highest BCUT2D eigenvalue weighted by atomic mass is 32.2. The topological polar surface area (TPSA) is 94.5 Å². The van der Waals surface area contributed by atoms with E-state index in [2.05, 4.69) is 5.32 Å². The summed E-state index contributed by atoms with van der Waals surface area (Å²) < 4.78 is 74.3. The number of carbonyl (C=O) groups excluding carboxylic acids is 2. The standard InChI is InChI=1S/C26H25F3N2O5S/c1-3-36-23(32)15-31-16(2)20(24-21(31)11-12-30-25(24)33)13-17-9-10-18(26(27,28)29)14-22(17)37(34,35)19-7-5-4-6-8-19/h4-10,14H,3,11-13,15H2,1-2H3,(H,30,33). The molecule has 1 N–H and O–H groups in total. The molecule has 2 aromatic carbocycles. The molecule has 0 saturated heterocycles. The van der Waals surface area contributed by atoms with E-state index in [4.69, 9.17) is 4.74 Å². The van der Waals surface area contributed by atoms with E-state index >= 15 is 0 Å². The van der Waals surface area contributed by atoms with Crippen LogP contribution in [-0.2, 0) is 44.9 Å². The van der Waals surface area contributed by atoms with Crippen LogP contribution in [-0.4, -0.2) is 38.0 Å². The number of rotatable bonds is 7. The fourth-order valence-electron chi connectivity index (χ4n) is 4.58. The van der Waals surface area contributed by atoms with Gasteiger partial charge in [-0.1, -0.05) is 24.3 Å². The number of amides is 1. The summed E-state index contributed by atoms with van der Waals surface area (Å²) in [7, 11) is -4.32. The maximum atomic E-state index is 13.6. The van der Waals surface area contributed by atoms with Gasteiger partial charge in [-0.3, -0.25) is 9.59 Å². The molecule has 7 nitrogen and oxygen atoms in total. The minimum absolute atomic E-state index is 0.106. The van der Waals surface area contributed by atoms with Crippen LogP contribution in [0.1, 0.15) is 45.4 Å². The monoisotopic (exact) mass is 534 g/mol. The minimum Gasteiger partial charge on any atom is -0.465 e. The van der Waals surface area contributed by atoms with E-state index in [1.54, 1.807) is 24.5 Å². The van der Waals surface area contributed by atoms with Crippen molar-refractivity contribution in [1.29, 1.82) is 0 Å². The van der Waals surface area contributed by atoms with E-state index in [1.807, 2.05) is 0 Å². The van der Waals surface area contributed by atoms with Crippen LogP contribution in [0.2, 0.25) is 0 Å². The molecular weight excluding hydrogens is 509 g/mol. The zero-order chi connectivity index (χ0) is 27.0. The predicted octanol–water partition coefficient (Wildman–Crippen LogP) is 4.09. The summed E-state index contributed by atoms with van der Waals surface area (Å²) in [6.45, 7) is 3.76. The number of esters is 1. The lowest BCUT2D eigenvalue weighted by molar-refractivity contribution is -0.144. The first kappa shape index (κ1) is 26.5. The molecule has 0 spiro atoms. The van der Waals surface area contributed by atoms with Gasteiger partial charge in [0.2, 0.25) is 9.84 Å². The molecule has 37 heavy (non-hydrogen) atoms. The summed E-state index contributed by atoms with van der Waals surface area (Å²) >= 11 is 0. The molecule has 3 aromatic rings. The number of carbonyl (C=O) groups is 2. The third kappa shape index (κ3) is 5.13. The average molecular weight is 535 g/mol. The van der Waals surface area contributed by atoms with E-state index in [1.165, 1.54) is 24.3 Å². The van der Waals surface area contributed by atoms with Crippen molar-refractivity contribution >= 4 is 21.7 Å². The van der Waals surface area contributed by atoms with Crippen LogP contribution in [0.5, 0.6) is 0 Å². The third-order valence-electron chi connectivity index (χ3n) is 6.33. The van der Waals surface area contributed by atoms with Gasteiger partial charge in [-0.05, 0) is 49.2 Å². The number of nitrogens with zero attached hydrogens (tertiary/aromatic N) is 1. The van der Waals surface area contributed by atoms with Crippen molar-refractivity contribution in [3.63, 3.8) is 0 Å². The van der Waals surface area contributed by atoms with E-state index in [0.717, 1.165) is 12.1 Å². The summed E-state index contributed by atoms with van der Waals surface area (Å²) in [4.78, 5) is 24.5. The number of hydrogen-bond donors (Lipinski definition) is 1. The van der Waals surface area contributed by atoms with Crippen molar-refractivity contribution in [1.82, 2.24) is 9.88 Å². The van der Waals surface area contributed by atoms with Gasteiger partial charge in [0.15, 0.2) is 0 Å². The highest BCUT2D eigenvalue weighted by Crippen LogP contribution is 2.36. The van der Waals surface area contributed by atoms with Crippen LogP contribution in [0.3, 0.4) is 0 Å². The van der Waals surface area contributed by atoms with E-state index in [-0.39, 0.29) is 35.9 Å². The van der Waals surface area contributed by atoms with Crippen molar-refractivity contribution in [2.45, 2.75) is 49.2 Å². The highest BCUT2D eigenvalue weighted by Gasteiger charge is 2.35. The second-order valence-electron chi connectivity index (χ2n) is 8.60. The number of sulfone groups is 1. The van der Waals surface area contributed by atoms with Gasteiger partial charge >= 0.3 is 12.1 Å². The second-order valence-corrected chi connectivity index (χ2v) is 10.5. The number of benzene rings is 2. The maximum absolute atomic E-state index is 13.6. The van der Waals surface area contributed by atoms with Gasteiger partial charge in [-0.25, -0.2) is 8.42 Å². The molecule has 0 fully saturated rings. The quantitative estimate of drug-likeness (QED) is 0.461. The summed E-state index contributed by atoms with van der Waals surface area (Å²) in [5.74, 6) is -0.885. The van der Waals surface area contributed by atoms with E-state index in [9.17, 15) is 31.2 Å². The van der Waals surface area contributed by atoms with Crippen molar-refractivity contribution in [2.75, 3.05) is 13.2 Å². The molecule has 0 bridgehead atoms. The molecular formula is C26H25F3N2O5S. The van der Waals surface area contributed by atoms with Crippen molar-refractivity contribution < 1.29 is 35.9 Å². The number of ether oxygens (including phenoxy) is 1. The first-order valence-electron chi connectivity index (χ1n) is 11.6. The predicted molar refractivity (Wildman–Crippen MR) is 128 cm³/mol. The molecule has 1 aromatic heterocycles. The Kier molecular flexibility index (Phi) is 7.18. The molecule has 1 aliphatic rings. The Balaban J connectivity index is 1.89. The van der Waals surface area contributed by atoms with Crippen molar-refractivity contribution in [3.8, 4) is 0 Å². The number of hydrogen-bond acceptors (Lipinski definition) is 5. The lowest BCUT2D eigenvalue weighted by atomic mass is 9.97. The summed E-state index contributed by atoms with van der Waals surface area (Å²) in [5, 5.41) is 2.75. The Morgan fingerprint density at radius 1 is 1.14 bits per heavy atom. The Hall–Kier alpha value is -3.60. The Morgan fingerprint density at radius 2 is 1.84 bits per heavy atom. The lowest BCUT2D eigenvalue weighted by Gasteiger charge is -2.17. The largest absolute Gasteiger partial charge is 0.465 e. The van der Waals surface area contributed by atoms with Crippen LogP contribution in [0, 0.1) is 6.92 Å². The second kappa shape index (κ2) is 10.0. The highest BCUT2D eigenvalue weighted by molar-refractivity contribution is 7.91. The molecule has 0 aliphatic carbocycles. The molecule has 1 aliphatic heterocycles. The fourth-order valence-corrected chi connectivity index (χ4v) is 6.11. The van der Waals surface area contributed by atoms with Gasteiger partial charge in [0.1, 0.15) is 6.54 Å². The number of halogens is 3. The van der Waals surface area contributed by atoms with Gasteiger partial charge in [-0.15, -0.1) is 0 Å². The summed E-state index contributed by atoms with van der Waals surface area (Å²) in [5.41, 5.74) is 0.898. The van der Waals surface area contributed by atoms with Crippen LogP contribution in [0.4, 0.5) is 13.2 Å². The zero-order valence-electron chi connectivity index (χ0n) is 20.2. The lowest BCUT2D eigenvalue weighted by Crippen LogP contribution is -2.33. The SMILES string of the molecule is CCOC(=O)Cn1c(C)c(Cc2ccc(C(F)(F)F)cc2S(=O)(=O)c2ccccc2)c2c1CCNC2=O. The van der Waals surface area contributed by atoms with Crippen molar-refractivity contribution in [3.05, 3.63) is 82.2 Å². The molecule has 0 saturated carbocycles.